The molecule has 0 N–H and O–H groups in total. The third-order valence-electron chi connectivity index (χ3n) is 3.01. The lowest BCUT2D eigenvalue weighted by Crippen LogP contribution is -2.17. The smallest absolute Gasteiger partial charge is 0.129 e. The number of oxime groups is 1. The van der Waals surface area contributed by atoms with Crippen LogP contribution in [0.1, 0.15) is 11.1 Å². The molecule has 3 nitrogen and oxygen atoms in total. The standard InChI is InChI=1S/C17H18Cl2N2O/c1-21(2)10-11-22-20-17(13-6-5-7-14(18)12-13)15-8-3-4-9-16(15)19/h3-9,12H,10-11H2,1-2H3/b20-17-. The predicted molar refractivity (Wildman–Crippen MR) is 93.0 cm³/mol. The summed E-state index contributed by atoms with van der Waals surface area (Å²) >= 11 is 12.4. The van der Waals surface area contributed by atoms with E-state index in [-0.39, 0.29) is 0 Å². The number of likely N-dealkylation sites (N-methyl/N-ethyl adjacent to an activating group) is 1. The van der Waals surface area contributed by atoms with E-state index in [1.165, 1.54) is 0 Å². The van der Waals surface area contributed by atoms with Gasteiger partial charge in [-0.1, -0.05) is 58.7 Å². The number of hydrogen-bond acceptors (Lipinski definition) is 3. The SMILES string of the molecule is CN(C)CCO/N=C(/c1cccc(Cl)c1)c1ccccc1Cl. The highest BCUT2D eigenvalue weighted by molar-refractivity contribution is 6.36. The summed E-state index contributed by atoms with van der Waals surface area (Å²) in [6, 6.07) is 15.0. The molecule has 0 aromatic heterocycles. The Bertz CT molecular complexity index is 657. The predicted octanol–water partition coefficient (Wildman–Crippen LogP) is 4.32. The Morgan fingerprint density at radius 1 is 1.09 bits per heavy atom. The molecule has 22 heavy (non-hydrogen) atoms. The van der Waals surface area contributed by atoms with Crippen molar-refractivity contribution in [2.75, 3.05) is 27.2 Å². The van der Waals surface area contributed by atoms with Crippen molar-refractivity contribution in [1.82, 2.24) is 4.90 Å². The van der Waals surface area contributed by atoms with Gasteiger partial charge in [-0.15, -0.1) is 0 Å². The molecule has 0 spiro atoms. The van der Waals surface area contributed by atoms with Gasteiger partial charge in [0, 0.05) is 22.7 Å². The Kier molecular flexibility index (Phi) is 6.25. The molecule has 0 saturated carbocycles. The van der Waals surface area contributed by atoms with Crippen LogP contribution in [0.3, 0.4) is 0 Å². The fourth-order valence-electron chi connectivity index (χ4n) is 1.88. The first-order valence-electron chi connectivity index (χ1n) is 6.93. The van der Waals surface area contributed by atoms with Gasteiger partial charge in [0.15, 0.2) is 0 Å². The highest BCUT2D eigenvalue weighted by atomic mass is 35.5. The zero-order chi connectivity index (χ0) is 15.9. The van der Waals surface area contributed by atoms with Crippen LogP contribution >= 0.6 is 23.2 Å². The fourth-order valence-corrected chi connectivity index (χ4v) is 2.30. The van der Waals surface area contributed by atoms with Gasteiger partial charge in [0.25, 0.3) is 0 Å². The minimum Gasteiger partial charge on any atom is -0.394 e. The molecule has 0 atom stereocenters. The molecule has 2 aromatic carbocycles. The van der Waals surface area contributed by atoms with Gasteiger partial charge in [0.05, 0.1) is 5.02 Å². The summed E-state index contributed by atoms with van der Waals surface area (Å²) in [5.41, 5.74) is 2.36. The monoisotopic (exact) mass is 336 g/mol. The van der Waals surface area contributed by atoms with Crippen LogP contribution in [-0.4, -0.2) is 37.9 Å². The number of rotatable bonds is 6. The van der Waals surface area contributed by atoms with Crippen molar-refractivity contribution in [3.63, 3.8) is 0 Å². The van der Waals surface area contributed by atoms with Gasteiger partial charge in [-0.05, 0) is 32.3 Å². The molecule has 0 heterocycles. The second kappa shape index (κ2) is 8.18. The molecule has 0 unspecified atom stereocenters. The van der Waals surface area contributed by atoms with Crippen molar-refractivity contribution in [2.45, 2.75) is 0 Å². The lowest BCUT2D eigenvalue weighted by atomic mass is 10.0. The number of halogens is 2. The summed E-state index contributed by atoms with van der Waals surface area (Å²) < 4.78 is 0. The number of benzene rings is 2. The van der Waals surface area contributed by atoms with Crippen molar-refractivity contribution in [2.24, 2.45) is 5.16 Å². The van der Waals surface area contributed by atoms with Crippen LogP contribution in [0.4, 0.5) is 0 Å². The minimum atomic E-state index is 0.502. The summed E-state index contributed by atoms with van der Waals surface area (Å²) in [5, 5.41) is 5.55. The number of nitrogens with zero attached hydrogens (tertiary/aromatic N) is 2. The van der Waals surface area contributed by atoms with Crippen LogP contribution in [0.5, 0.6) is 0 Å². The molecule has 0 aliphatic heterocycles. The summed E-state index contributed by atoms with van der Waals surface area (Å²) in [6.07, 6.45) is 0. The molecule has 0 fully saturated rings. The lowest BCUT2D eigenvalue weighted by molar-refractivity contribution is 0.126. The van der Waals surface area contributed by atoms with Crippen molar-refractivity contribution in [3.05, 3.63) is 69.7 Å². The van der Waals surface area contributed by atoms with Crippen LogP contribution in [-0.2, 0) is 4.84 Å². The highest BCUT2D eigenvalue weighted by Crippen LogP contribution is 2.22. The first kappa shape index (κ1) is 16.8. The maximum Gasteiger partial charge on any atom is 0.129 e. The Balaban J connectivity index is 2.33. The third kappa shape index (κ3) is 4.73. The van der Waals surface area contributed by atoms with Crippen LogP contribution in [0, 0.1) is 0 Å². The molecule has 0 bridgehead atoms. The molecule has 0 amide bonds. The normalized spacial score (nSPS) is 11.8. The van der Waals surface area contributed by atoms with E-state index in [0.29, 0.717) is 22.4 Å². The van der Waals surface area contributed by atoms with E-state index in [1.807, 2.05) is 67.5 Å². The molecule has 0 radical (unpaired) electrons. The van der Waals surface area contributed by atoms with Gasteiger partial charge in [0.2, 0.25) is 0 Å². The van der Waals surface area contributed by atoms with Crippen molar-refractivity contribution in [1.29, 1.82) is 0 Å². The molecular formula is C17H18Cl2N2O. The van der Waals surface area contributed by atoms with E-state index in [1.54, 1.807) is 0 Å². The van der Waals surface area contributed by atoms with Gasteiger partial charge in [-0.2, -0.15) is 0 Å². The van der Waals surface area contributed by atoms with E-state index in [9.17, 15) is 0 Å². The van der Waals surface area contributed by atoms with Gasteiger partial charge in [-0.25, -0.2) is 0 Å². The second-order valence-corrected chi connectivity index (χ2v) is 5.91. The van der Waals surface area contributed by atoms with Gasteiger partial charge in [0.1, 0.15) is 12.3 Å². The summed E-state index contributed by atoms with van der Waals surface area (Å²) in [6.45, 7) is 1.29. The molecule has 116 valence electrons. The molecule has 5 heteroatoms. The van der Waals surface area contributed by atoms with Crippen LogP contribution < -0.4 is 0 Å². The Labute approximate surface area is 141 Å². The molecular weight excluding hydrogens is 319 g/mol. The van der Waals surface area contributed by atoms with Crippen LogP contribution in [0.15, 0.2) is 53.7 Å². The Hall–Kier alpha value is -1.55. The van der Waals surface area contributed by atoms with E-state index in [4.69, 9.17) is 28.0 Å². The maximum absolute atomic E-state index is 6.29. The second-order valence-electron chi connectivity index (χ2n) is 5.07. The molecule has 2 aromatic rings. The van der Waals surface area contributed by atoms with E-state index >= 15 is 0 Å². The summed E-state index contributed by atoms with van der Waals surface area (Å²) in [7, 11) is 3.97. The fraction of sp³-hybridized carbons (Fsp3) is 0.235. The van der Waals surface area contributed by atoms with E-state index in [0.717, 1.165) is 17.7 Å². The maximum atomic E-state index is 6.29. The zero-order valence-corrected chi connectivity index (χ0v) is 14.1. The highest BCUT2D eigenvalue weighted by Gasteiger charge is 2.12. The van der Waals surface area contributed by atoms with Crippen LogP contribution in [0.25, 0.3) is 0 Å². The zero-order valence-electron chi connectivity index (χ0n) is 12.6. The van der Waals surface area contributed by atoms with Crippen LogP contribution in [0.2, 0.25) is 10.0 Å². The van der Waals surface area contributed by atoms with E-state index < -0.39 is 0 Å². The van der Waals surface area contributed by atoms with Gasteiger partial charge in [-0.3, -0.25) is 0 Å². The van der Waals surface area contributed by atoms with Gasteiger partial charge >= 0.3 is 0 Å². The largest absolute Gasteiger partial charge is 0.394 e. The number of hydrogen-bond donors (Lipinski definition) is 0. The molecule has 0 aliphatic carbocycles. The van der Waals surface area contributed by atoms with Gasteiger partial charge < -0.3 is 9.74 Å². The average Bonchev–Trinajstić information content (AvgIpc) is 2.48. The molecule has 0 saturated heterocycles. The molecule has 2 rings (SSSR count). The Morgan fingerprint density at radius 3 is 2.55 bits per heavy atom. The van der Waals surface area contributed by atoms with Crippen molar-refractivity contribution >= 4 is 28.9 Å². The first-order chi connectivity index (χ1) is 10.6. The average molecular weight is 337 g/mol. The third-order valence-corrected chi connectivity index (χ3v) is 3.58. The molecule has 0 aliphatic rings. The first-order valence-corrected chi connectivity index (χ1v) is 7.69. The van der Waals surface area contributed by atoms with Crippen molar-refractivity contribution < 1.29 is 4.84 Å². The minimum absolute atomic E-state index is 0.502. The lowest BCUT2D eigenvalue weighted by Gasteiger charge is -2.11. The topological polar surface area (TPSA) is 24.8 Å². The quantitative estimate of drug-likeness (QED) is 0.445. The Morgan fingerprint density at radius 2 is 1.86 bits per heavy atom. The van der Waals surface area contributed by atoms with Crippen molar-refractivity contribution in [3.8, 4) is 0 Å². The summed E-state index contributed by atoms with van der Waals surface area (Å²) in [5.74, 6) is 0. The summed E-state index contributed by atoms with van der Waals surface area (Å²) in [4.78, 5) is 7.49. The van der Waals surface area contributed by atoms with E-state index in [2.05, 4.69) is 5.16 Å².